The van der Waals surface area contributed by atoms with Crippen molar-refractivity contribution in [2.75, 3.05) is 18.4 Å². The first-order chi connectivity index (χ1) is 15.2. The molecule has 156 valence electrons. The molecule has 0 radical (unpaired) electrons. The van der Waals surface area contributed by atoms with E-state index in [1.54, 1.807) is 4.90 Å². The highest BCUT2D eigenvalue weighted by atomic mass is 16.2. The van der Waals surface area contributed by atoms with Gasteiger partial charge in [0.1, 0.15) is 0 Å². The molecule has 0 bridgehead atoms. The van der Waals surface area contributed by atoms with Crippen LogP contribution in [-0.4, -0.2) is 33.5 Å². The number of hydrogen-bond donors (Lipinski definition) is 1. The van der Waals surface area contributed by atoms with Crippen LogP contribution in [0.3, 0.4) is 0 Å². The molecule has 1 aliphatic heterocycles. The van der Waals surface area contributed by atoms with Gasteiger partial charge < -0.3 is 14.8 Å². The normalized spacial score (nSPS) is 13.8. The first-order valence-corrected chi connectivity index (χ1v) is 10.8. The Bertz CT molecular complexity index is 1260. The zero-order valence-electron chi connectivity index (χ0n) is 17.7. The van der Waals surface area contributed by atoms with E-state index in [1.165, 1.54) is 27.4 Å². The second kappa shape index (κ2) is 8.19. The summed E-state index contributed by atoms with van der Waals surface area (Å²) in [5.74, 6) is 0. The average molecular weight is 411 g/mol. The van der Waals surface area contributed by atoms with E-state index in [1.807, 2.05) is 42.7 Å². The second-order valence-corrected chi connectivity index (χ2v) is 7.87. The van der Waals surface area contributed by atoms with Gasteiger partial charge in [-0.1, -0.05) is 42.5 Å². The number of hydrogen-bond acceptors (Lipinski definition) is 2. The molecule has 0 saturated carbocycles. The Hall–Kier alpha value is -3.73. The summed E-state index contributed by atoms with van der Waals surface area (Å²) in [6, 6.07) is 24.8. The van der Waals surface area contributed by atoms with E-state index in [0.717, 1.165) is 25.3 Å². The predicted molar refractivity (Wildman–Crippen MR) is 127 cm³/mol. The fraction of sp³-hybridized carbons (Fsp3) is 0.192. The van der Waals surface area contributed by atoms with Gasteiger partial charge in [0, 0.05) is 66.1 Å². The average Bonchev–Trinajstić information content (AvgIpc) is 3.13. The quantitative estimate of drug-likeness (QED) is 0.473. The largest absolute Gasteiger partial charge is 0.370 e. The van der Waals surface area contributed by atoms with Crippen molar-refractivity contribution >= 4 is 33.5 Å². The molecule has 1 aliphatic rings. The number of anilines is 1. The number of nitrogens with one attached hydrogen (secondary N) is 1. The number of para-hydroxylation sites is 2. The molecule has 0 atom stereocenters. The molecule has 1 N–H and O–H groups in total. The third kappa shape index (κ3) is 3.75. The third-order valence-corrected chi connectivity index (χ3v) is 5.91. The van der Waals surface area contributed by atoms with Crippen LogP contribution in [0.2, 0.25) is 0 Å². The minimum absolute atomic E-state index is 0.101. The minimum atomic E-state index is -0.101. The molecule has 0 saturated heterocycles. The first kappa shape index (κ1) is 19.2. The molecule has 0 spiro atoms. The van der Waals surface area contributed by atoms with Crippen molar-refractivity contribution in [2.24, 2.45) is 0 Å². The van der Waals surface area contributed by atoms with Gasteiger partial charge in [0.15, 0.2) is 0 Å². The summed E-state index contributed by atoms with van der Waals surface area (Å²) in [6.45, 7) is 5.43. The fourth-order valence-electron chi connectivity index (χ4n) is 4.35. The zero-order chi connectivity index (χ0) is 21.2. The monoisotopic (exact) mass is 410 g/mol. The first-order valence-electron chi connectivity index (χ1n) is 10.8. The molecule has 4 aromatic rings. The van der Waals surface area contributed by atoms with Crippen molar-refractivity contribution in [3.05, 3.63) is 90.8 Å². The molecule has 2 amide bonds. The summed E-state index contributed by atoms with van der Waals surface area (Å²) >= 11 is 0. The van der Waals surface area contributed by atoms with Gasteiger partial charge in [0.05, 0.1) is 0 Å². The Morgan fingerprint density at radius 3 is 2.42 bits per heavy atom. The second-order valence-electron chi connectivity index (χ2n) is 7.87. The Morgan fingerprint density at radius 2 is 1.65 bits per heavy atom. The van der Waals surface area contributed by atoms with Gasteiger partial charge in [-0.15, -0.1) is 0 Å². The Kier molecular flexibility index (Phi) is 5.08. The highest BCUT2D eigenvalue weighted by molar-refractivity contribution is 6.08. The molecule has 0 aliphatic carbocycles. The molecule has 5 heteroatoms. The number of amides is 2. The number of rotatable bonds is 4. The molecule has 5 rings (SSSR count). The highest BCUT2D eigenvalue weighted by Crippen LogP contribution is 2.30. The maximum Gasteiger partial charge on any atom is 0.325 e. The van der Waals surface area contributed by atoms with Crippen LogP contribution < -0.4 is 5.32 Å². The molecule has 0 fully saturated rings. The van der Waals surface area contributed by atoms with E-state index < -0.39 is 0 Å². The van der Waals surface area contributed by atoms with Gasteiger partial charge in [-0.25, -0.2) is 4.79 Å². The summed E-state index contributed by atoms with van der Waals surface area (Å²) in [5, 5.41) is 5.55. The minimum Gasteiger partial charge on any atom is -0.370 e. The van der Waals surface area contributed by atoms with E-state index in [0.29, 0.717) is 6.54 Å². The topological polar surface area (TPSA) is 40.5 Å². The van der Waals surface area contributed by atoms with Gasteiger partial charge in [-0.2, -0.15) is 0 Å². The molecular weight excluding hydrogens is 384 g/mol. The number of urea groups is 1. The summed E-state index contributed by atoms with van der Waals surface area (Å²) < 4.78 is 2.37. The lowest BCUT2D eigenvalue weighted by Crippen LogP contribution is -2.39. The van der Waals surface area contributed by atoms with Crippen molar-refractivity contribution in [1.82, 2.24) is 14.4 Å². The van der Waals surface area contributed by atoms with Crippen molar-refractivity contribution in [3.63, 3.8) is 0 Å². The number of carbonyl (C=O) groups is 1. The van der Waals surface area contributed by atoms with E-state index in [4.69, 9.17) is 0 Å². The van der Waals surface area contributed by atoms with Crippen LogP contribution in [-0.2, 0) is 13.1 Å². The van der Waals surface area contributed by atoms with Crippen LogP contribution in [0.1, 0.15) is 12.5 Å². The highest BCUT2D eigenvalue weighted by Gasteiger charge is 2.17. The van der Waals surface area contributed by atoms with E-state index >= 15 is 0 Å². The lowest BCUT2D eigenvalue weighted by Gasteiger charge is -2.30. The Morgan fingerprint density at radius 1 is 0.871 bits per heavy atom. The van der Waals surface area contributed by atoms with E-state index in [-0.39, 0.29) is 6.03 Å². The molecule has 2 heterocycles. The summed E-state index contributed by atoms with van der Waals surface area (Å²) in [6.07, 6.45) is 3.87. The van der Waals surface area contributed by atoms with Gasteiger partial charge in [-0.3, -0.25) is 4.90 Å². The maximum atomic E-state index is 12.5. The summed E-state index contributed by atoms with van der Waals surface area (Å²) in [7, 11) is 0. The third-order valence-electron chi connectivity index (χ3n) is 5.91. The summed E-state index contributed by atoms with van der Waals surface area (Å²) in [4.78, 5) is 16.5. The maximum absolute atomic E-state index is 12.5. The number of nitrogens with zero attached hydrogens (tertiary/aromatic N) is 3. The van der Waals surface area contributed by atoms with Gasteiger partial charge in [-0.05, 0) is 42.8 Å². The van der Waals surface area contributed by atoms with Crippen LogP contribution in [0.15, 0.2) is 85.2 Å². The number of benzene rings is 3. The zero-order valence-corrected chi connectivity index (χ0v) is 17.7. The molecule has 3 aromatic carbocycles. The predicted octanol–water partition coefficient (Wildman–Crippen LogP) is 5.64. The van der Waals surface area contributed by atoms with Crippen molar-refractivity contribution in [1.29, 1.82) is 0 Å². The molecule has 1 aromatic heterocycles. The smallest absolute Gasteiger partial charge is 0.325 e. The molecule has 31 heavy (non-hydrogen) atoms. The Balaban J connectivity index is 1.31. The van der Waals surface area contributed by atoms with E-state index in [2.05, 4.69) is 64.2 Å². The van der Waals surface area contributed by atoms with E-state index in [9.17, 15) is 4.79 Å². The van der Waals surface area contributed by atoms with Crippen LogP contribution in [0.25, 0.3) is 21.8 Å². The lowest BCUT2D eigenvalue weighted by molar-refractivity contribution is 0.214. The van der Waals surface area contributed by atoms with Crippen LogP contribution in [0.5, 0.6) is 0 Å². The van der Waals surface area contributed by atoms with Gasteiger partial charge in [0.2, 0.25) is 0 Å². The van der Waals surface area contributed by atoms with Crippen molar-refractivity contribution in [2.45, 2.75) is 20.0 Å². The lowest BCUT2D eigenvalue weighted by atomic mass is 10.1. The standard InChI is InChI=1S/C26H26N4O/c1-2-30-24-11-7-6-10-22(24)23-18-20(12-13-25(23)30)19-28-14-16-29(17-15-28)26(31)27-21-8-4-3-5-9-21/h3-14,16,18H,2,15,17,19H2,1H3,(H,27,31). The molecule has 5 nitrogen and oxygen atoms in total. The molecular formula is C26H26N4O. The number of aromatic nitrogens is 1. The number of fused-ring (bicyclic) bond motifs is 3. The SMILES string of the molecule is CCn1c2ccccc2c2cc(CN3C=CN(C(=O)Nc4ccccc4)CC3)ccc21. The molecule has 0 unspecified atom stereocenters. The van der Waals surface area contributed by atoms with Crippen LogP contribution in [0.4, 0.5) is 10.5 Å². The van der Waals surface area contributed by atoms with Gasteiger partial charge in [0.25, 0.3) is 0 Å². The van der Waals surface area contributed by atoms with Crippen LogP contribution in [0, 0.1) is 0 Å². The van der Waals surface area contributed by atoms with Gasteiger partial charge >= 0.3 is 6.03 Å². The fourth-order valence-corrected chi connectivity index (χ4v) is 4.35. The summed E-state index contributed by atoms with van der Waals surface area (Å²) in [5.41, 5.74) is 4.65. The van der Waals surface area contributed by atoms with Crippen LogP contribution >= 0.6 is 0 Å². The van der Waals surface area contributed by atoms with Crippen molar-refractivity contribution < 1.29 is 4.79 Å². The Labute approximate surface area is 182 Å². The van der Waals surface area contributed by atoms with Crippen molar-refractivity contribution in [3.8, 4) is 0 Å². The number of carbonyl (C=O) groups excluding carboxylic acids is 1. The number of aryl methyl sites for hydroxylation is 1.